The van der Waals surface area contributed by atoms with Gasteiger partial charge in [-0.3, -0.25) is 0 Å². The number of imidazole rings is 1. The molecule has 0 aliphatic heterocycles. The Labute approximate surface area is 138 Å². The summed E-state index contributed by atoms with van der Waals surface area (Å²) >= 11 is 0. The highest BCUT2D eigenvalue weighted by Gasteiger charge is 2.16. The van der Waals surface area contributed by atoms with Crippen LogP contribution in [0.5, 0.6) is 0 Å². The summed E-state index contributed by atoms with van der Waals surface area (Å²) in [5.74, 6) is 2.10. The maximum atomic E-state index is 4.40. The normalized spacial score (nSPS) is 13.7. The zero-order valence-corrected chi connectivity index (χ0v) is 13.9. The summed E-state index contributed by atoms with van der Waals surface area (Å²) in [4.78, 5) is 7.63. The molecule has 3 rings (SSSR count). The molecule has 2 nitrogen and oxygen atoms in total. The van der Waals surface area contributed by atoms with Crippen LogP contribution in [-0.2, 0) is 0 Å². The van der Waals surface area contributed by atoms with E-state index in [0.29, 0.717) is 11.8 Å². The summed E-state index contributed by atoms with van der Waals surface area (Å²) in [5.41, 5.74) is 3.98. The van der Waals surface area contributed by atoms with Gasteiger partial charge in [0.15, 0.2) is 0 Å². The van der Waals surface area contributed by atoms with E-state index in [9.17, 15) is 0 Å². The SMILES string of the molecule is CCC(CC(C)c1ncc[nH]1)c1ccc(-c2ccccc2)cc1. The molecular weight excluding hydrogens is 280 g/mol. The van der Waals surface area contributed by atoms with Crippen LogP contribution in [0.4, 0.5) is 0 Å². The van der Waals surface area contributed by atoms with E-state index in [4.69, 9.17) is 0 Å². The number of nitrogens with one attached hydrogen (secondary N) is 1. The van der Waals surface area contributed by atoms with E-state index in [1.807, 2.05) is 12.4 Å². The Balaban J connectivity index is 1.74. The molecule has 0 aliphatic carbocycles. The van der Waals surface area contributed by atoms with E-state index < -0.39 is 0 Å². The minimum Gasteiger partial charge on any atom is -0.348 e. The largest absolute Gasteiger partial charge is 0.348 e. The van der Waals surface area contributed by atoms with E-state index in [1.54, 1.807) is 0 Å². The van der Waals surface area contributed by atoms with Crippen molar-refractivity contribution in [2.75, 3.05) is 0 Å². The lowest BCUT2D eigenvalue weighted by molar-refractivity contribution is 0.530. The predicted molar refractivity (Wildman–Crippen MR) is 96.5 cm³/mol. The number of aromatic amines is 1. The standard InChI is InChI=1S/C21H24N2/c1-3-17(15-16(2)21-22-13-14-23-21)19-9-11-20(12-10-19)18-7-5-4-6-8-18/h4-14,16-17H,3,15H2,1-2H3,(H,22,23). The molecule has 2 aromatic carbocycles. The van der Waals surface area contributed by atoms with Crippen LogP contribution >= 0.6 is 0 Å². The molecule has 0 bridgehead atoms. The third-order valence-corrected chi connectivity index (χ3v) is 4.61. The highest BCUT2D eigenvalue weighted by molar-refractivity contribution is 5.63. The Bertz CT molecular complexity index is 699. The van der Waals surface area contributed by atoms with Crippen LogP contribution in [0.3, 0.4) is 0 Å². The summed E-state index contributed by atoms with van der Waals surface area (Å²) in [7, 11) is 0. The maximum Gasteiger partial charge on any atom is 0.108 e. The third kappa shape index (κ3) is 3.70. The average Bonchev–Trinajstić information content (AvgIpc) is 3.15. The van der Waals surface area contributed by atoms with E-state index in [1.165, 1.54) is 16.7 Å². The van der Waals surface area contributed by atoms with Crippen molar-refractivity contribution in [2.24, 2.45) is 0 Å². The van der Waals surface area contributed by atoms with Gasteiger partial charge in [0, 0.05) is 18.3 Å². The van der Waals surface area contributed by atoms with Crippen LogP contribution in [0.15, 0.2) is 67.0 Å². The summed E-state index contributed by atoms with van der Waals surface area (Å²) in [6.45, 7) is 4.52. The maximum absolute atomic E-state index is 4.40. The number of benzene rings is 2. The lowest BCUT2D eigenvalue weighted by Gasteiger charge is -2.19. The quantitative estimate of drug-likeness (QED) is 0.616. The average molecular weight is 304 g/mol. The molecule has 0 saturated carbocycles. The van der Waals surface area contributed by atoms with Crippen LogP contribution in [0.1, 0.15) is 49.9 Å². The molecule has 0 aliphatic rings. The van der Waals surface area contributed by atoms with Crippen LogP contribution < -0.4 is 0 Å². The van der Waals surface area contributed by atoms with E-state index >= 15 is 0 Å². The third-order valence-electron chi connectivity index (χ3n) is 4.61. The van der Waals surface area contributed by atoms with Crippen molar-refractivity contribution in [3.05, 3.63) is 78.4 Å². The number of H-pyrrole nitrogens is 1. The van der Waals surface area contributed by atoms with Gasteiger partial charge < -0.3 is 4.98 Å². The molecule has 3 aromatic rings. The Kier molecular flexibility index (Phi) is 4.92. The summed E-state index contributed by atoms with van der Waals surface area (Å²) < 4.78 is 0. The number of rotatable bonds is 6. The molecule has 1 N–H and O–H groups in total. The second-order valence-electron chi connectivity index (χ2n) is 6.20. The van der Waals surface area contributed by atoms with Crippen molar-refractivity contribution in [1.82, 2.24) is 9.97 Å². The highest BCUT2D eigenvalue weighted by Crippen LogP contribution is 2.32. The van der Waals surface area contributed by atoms with Crippen molar-refractivity contribution >= 4 is 0 Å². The predicted octanol–water partition coefficient (Wildman–Crippen LogP) is 5.76. The topological polar surface area (TPSA) is 28.7 Å². The number of hydrogen-bond donors (Lipinski definition) is 1. The fourth-order valence-corrected chi connectivity index (χ4v) is 3.20. The van der Waals surface area contributed by atoms with Crippen molar-refractivity contribution < 1.29 is 0 Å². The van der Waals surface area contributed by atoms with Gasteiger partial charge in [0.05, 0.1) is 0 Å². The zero-order chi connectivity index (χ0) is 16.1. The smallest absolute Gasteiger partial charge is 0.108 e. The van der Waals surface area contributed by atoms with Gasteiger partial charge in [-0.15, -0.1) is 0 Å². The van der Waals surface area contributed by atoms with Gasteiger partial charge in [-0.2, -0.15) is 0 Å². The number of nitrogens with zero attached hydrogens (tertiary/aromatic N) is 1. The lowest BCUT2D eigenvalue weighted by Crippen LogP contribution is -2.05. The van der Waals surface area contributed by atoms with Gasteiger partial charge in [0.1, 0.15) is 5.82 Å². The molecule has 2 heteroatoms. The van der Waals surface area contributed by atoms with Crippen molar-refractivity contribution in [1.29, 1.82) is 0 Å². The second kappa shape index (κ2) is 7.28. The Morgan fingerprint density at radius 2 is 1.65 bits per heavy atom. The molecule has 2 unspecified atom stereocenters. The van der Waals surface area contributed by atoms with Crippen molar-refractivity contribution in [3.63, 3.8) is 0 Å². The first-order valence-electron chi connectivity index (χ1n) is 8.42. The molecule has 1 aromatic heterocycles. The molecule has 0 amide bonds. The fourth-order valence-electron chi connectivity index (χ4n) is 3.20. The summed E-state index contributed by atoms with van der Waals surface area (Å²) in [6, 6.07) is 19.6. The van der Waals surface area contributed by atoms with Crippen LogP contribution in [0, 0.1) is 0 Å². The van der Waals surface area contributed by atoms with Crippen molar-refractivity contribution in [2.45, 2.75) is 38.5 Å². The molecule has 118 valence electrons. The first kappa shape index (κ1) is 15.5. The molecule has 0 spiro atoms. The van der Waals surface area contributed by atoms with E-state index in [2.05, 4.69) is 78.4 Å². The van der Waals surface area contributed by atoms with Gasteiger partial charge in [0.2, 0.25) is 0 Å². The Hall–Kier alpha value is -2.35. The molecule has 0 saturated heterocycles. The molecule has 2 atom stereocenters. The van der Waals surface area contributed by atoms with Gasteiger partial charge in [-0.05, 0) is 35.4 Å². The summed E-state index contributed by atoms with van der Waals surface area (Å²) in [5, 5.41) is 0. The minimum absolute atomic E-state index is 0.448. The van der Waals surface area contributed by atoms with Crippen molar-refractivity contribution in [3.8, 4) is 11.1 Å². The first-order valence-corrected chi connectivity index (χ1v) is 8.42. The van der Waals surface area contributed by atoms with E-state index in [0.717, 1.165) is 18.7 Å². The first-order chi connectivity index (χ1) is 11.3. The number of hydrogen-bond acceptors (Lipinski definition) is 1. The van der Waals surface area contributed by atoms with Crippen LogP contribution in [0.25, 0.3) is 11.1 Å². The fraction of sp³-hybridized carbons (Fsp3) is 0.286. The van der Waals surface area contributed by atoms with Gasteiger partial charge in [-0.25, -0.2) is 4.98 Å². The Morgan fingerprint density at radius 3 is 2.26 bits per heavy atom. The number of aromatic nitrogens is 2. The lowest BCUT2D eigenvalue weighted by atomic mass is 9.86. The molecule has 0 fully saturated rings. The summed E-state index contributed by atoms with van der Waals surface area (Å²) in [6.07, 6.45) is 6.01. The van der Waals surface area contributed by atoms with Gasteiger partial charge >= 0.3 is 0 Å². The second-order valence-corrected chi connectivity index (χ2v) is 6.20. The monoisotopic (exact) mass is 304 g/mol. The van der Waals surface area contributed by atoms with E-state index in [-0.39, 0.29) is 0 Å². The Morgan fingerprint density at radius 1 is 0.957 bits per heavy atom. The zero-order valence-electron chi connectivity index (χ0n) is 13.9. The van der Waals surface area contributed by atoms with Crippen LogP contribution in [-0.4, -0.2) is 9.97 Å². The van der Waals surface area contributed by atoms with Crippen LogP contribution in [0.2, 0.25) is 0 Å². The highest BCUT2D eigenvalue weighted by atomic mass is 14.9. The van der Waals surface area contributed by atoms with Gasteiger partial charge in [-0.1, -0.05) is 68.4 Å². The minimum atomic E-state index is 0.448. The molecular formula is C21H24N2. The molecule has 23 heavy (non-hydrogen) atoms. The molecule has 0 radical (unpaired) electrons. The molecule has 1 heterocycles. The van der Waals surface area contributed by atoms with Gasteiger partial charge in [0.25, 0.3) is 0 Å².